The van der Waals surface area contributed by atoms with Crippen LogP contribution in [0.5, 0.6) is 11.5 Å². The zero-order chi connectivity index (χ0) is 23.8. The number of benzene rings is 3. The summed E-state index contributed by atoms with van der Waals surface area (Å²) in [6, 6.07) is 9.97. The van der Waals surface area contributed by atoms with Crippen LogP contribution in [0.15, 0.2) is 47.4 Å². The molecule has 0 aliphatic carbocycles. The van der Waals surface area contributed by atoms with Gasteiger partial charge in [-0.05, 0) is 42.0 Å². The lowest BCUT2D eigenvalue weighted by Crippen LogP contribution is -2.13. The van der Waals surface area contributed by atoms with Gasteiger partial charge in [-0.15, -0.1) is 0 Å². The SMILES string of the molecule is COc1c(Cl)cc(Cl)cc1C(c1ccc(Cl)cc1S(=O)(=O)[O-])c1cc(Cl)cc(Cl)c1OC. The summed E-state index contributed by atoms with van der Waals surface area (Å²) in [5.74, 6) is -0.560. The normalized spacial score (nSPS) is 11.7. The molecule has 0 saturated heterocycles. The summed E-state index contributed by atoms with van der Waals surface area (Å²) >= 11 is 31.2. The third-order valence-electron chi connectivity index (χ3n) is 4.66. The lowest BCUT2D eigenvalue weighted by molar-refractivity contribution is 0.402. The number of halogens is 5. The Morgan fingerprint density at radius 1 is 0.719 bits per heavy atom. The van der Waals surface area contributed by atoms with Gasteiger partial charge in [0.15, 0.2) is 0 Å². The molecule has 0 fully saturated rings. The van der Waals surface area contributed by atoms with Crippen LogP contribution >= 0.6 is 58.0 Å². The fourth-order valence-corrected chi connectivity index (χ4v) is 5.64. The Morgan fingerprint density at radius 3 is 1.59 bits per heavy atom. The minimum atomic E-state index is -4.94. The van der Waals surface area contributed by atoms with E-state index in [1.807, 2.05) is 0 Å². The van der Waals surface area contributed by atoms with E-state index in [4.69, 9.17) is 67.5 Å². The molecule has 0 aromatic heterocycles. The summed E-state index contributed by atoms with van der Waals surface area (Å²) in [5.41, 5.74) is 0.792. The zero-order valence-corrected chi connectivity index (χ0v) is 21.1. The first-order valence-electron chi connectivity index (χ1n) is 8.79. The van der Waals surface area contributed by atoms with E-state index in [0.717, 1.165) is 6.07 Å². The average Bonchev–Trinajstić information content (AvgIpc) is 2.68. The molecule has 0 radical (unpaired) electrons. The molecule has 170 valence electrons. The Balaban J connectivity index is 2.53. The van der Waals surface area contributed by atoms with Gasteiger partial charge in [-0.3, -0.25) is 0 Å². The summed E-state index contributed by atoms with van der Waals surface area (Å²) in [5, 5.41) is 0.918. The van der Waals surface area contributed by atoms with E-state index >= 15 is 0 Å². The van der Waals surface area contributed by atoms with E-state index in [2.05, 4.69) is 0 Å². The first-order valence-corrected chi connectivity index (χ1v) is 12.1. The lowest BCUT2D eigenvalue weighted by atomic mass is 9.84. The monoisotopic (exact) mass is 553 g/mol. The highest BCUT2D eigenvalue weighted by Gasteiger charge is 2.30. The van der Waals surface area contributed by atoms with Crippen LogP contribution < -0.4 is 9.47 Å². The summed E-state index contributed by atoms with van der Waals surface area (Å²) in [6.07, 6.45) is 0. The van der Waals surface area contributed by atoms with Gasteiger partial charge < -0.3 is 14.0 Å². The molecule has 0 heterocycles. The van der Waals surface area contributed by atoms with Crippen molar-refractivity contribution in [2.24, 2.45) is 0 Å². The van der Waals surface area contributed by atoms with Crippen molar-refractivity contribution in [3.63, 3.8) is 0 Å². The van der Waals surface area contributed by atoms with Crippen LogP contribution in [0.4, 0.5) is 0 Å². The first kappa shape index (κ1) is 25.2. The maximum Gasteiger partial charge on any atom is 0.141 e. The molecule has 0 aliphatic heterocycles. The second-order valence-corrected chi connectivity index (χ2v) is 10.1. The standard InChI is InChI=1S/C21H15Cl5O5S/c1-30-20-14(5-11(23)7-16(20)25)19(15-6-12(24)8-17(26)21(15)31-2)13-4-3-10(22)9-18(13)32(27,28)29/h3-9,19H,1-2H3,(H,27,28,29)/p-1. The highest BCUT2D eigenvalue weighted by Crippen LogP contribution is 2.48. The van der Waals surface area contributed by atoms with Crippen LogP contribution in [0.1, 0.15) is 22.6 Å². The Bertz CT molecular complexity index is 1230. The molecule has 5 nitrogen and oxygen atoms in total. The van der Waals surface area contributed by atoms with Crippen molar-refractivity contribution in [1.82, 2.24) is 0 Å². The fourth-order valence-electron chi connectivity index (χ4n) is 3.49. The van der Waals surface area contributed by atoms with Crippen LogP contribution in [-0.4, -0.2) is 27.2 Å². The van der Waals surface area contributed by atoms with Gasteiger partial charge in [0.1, 0.15) is 21.6 Å². The number of methoxy groups -OCH3 is 2. The second-order valence-electron chi connectivity index (χ2n) is 6.59. The smallest absolute Gasteiger partial charge is 0.141 e. The first-order chi connectivity index (χ1) is 15.0. The van der Waals surface area contributed by atoms with Crippen LogP contribution in [-0.2, 0) is 10.1 Å². The summed E-state index contributed by atoms with van der Waals surface area (Å²) in [4.78, 5) is -0.536. The molecule has 0 aliphatic rings. The molecule has 0 spiro atoms. The van der Waals surface area contributed by atoms with E-state index in [0.29, 0.717) is 11.1 Å². The van der Waals surface area contributed by atoms with E-state index in [-0.39, 0.29) is 42.2 Å². The van der Waals surface area contributed by atoms with Gasteiger partial charge in [-0.25, -0.2) is 8.42 Å². The largest absolute Gasteiger partial charge is 0.744 e. The summed E-state index contributed by atoms with van der Waals surface area (Å²) in [7, 11) is -2.16. The molecule has 3 rings (SSSR count). The third kappa shape index (κ3) is 5.07. The average molecular weight is 556 g/mol. The van der Waals surface area contributed by atoms with Gasteiger partial charge in [0.05, 0.1) is 29.2 Å². The number of ether oxygens (including phenoxy) is 2. The topological polar surface area (TPSA) is 75.7 Å². The minimum Gasteiger partial charge on any atom is -0.744 e. The van der Waals surface area contributed by atoms with Crippen LogP contribution in [0.3, 0.4) is 0 Å². The van der Waals surface area contributed by atoms with Crippen molar-refractivity contribution in [3.8, 4) is 11.5 Å². The molecule has 32 heavy (non-hydrogen) atoms. The molecule has 0 bridgehead atoms. The molecular formula is C21H14Cl5O5S-. The molecule has 3 aromatic carbocycles. The van der Waals surface area contributed by atoms with Gasteiger partial charge >= 0.3 is 0 Å². The maximum atomic E-state index is 12.2. The highest BCUT2D eigenvalue weighted by atomic mass is 35.5. The number of rotatable bonds is 6. The van der Waals surface area contributed by atoms with Crippen LogP contribution in [0, 0.1) is 0 Å². The van der Waals surface area contributed by atoms with E-state index in [9.17, 15) is 13.0 Å². The predicted molar refractivity (Wildman–Crippen MR) is 126 cm³/mol. The Morgan fingerprint density at radius 2 is 1.19 bits per heavy atom. The van der Waals surface area contributed by atoms with Crippen LogP contribution in [0.25, 0.3) is 0 Å². The molecular weight excluding hydrogens is 542 g/mol. The van der Waals surface area contributed by atoms with Crippen LogP contribution in [0.2, 0.25) is 25.1 Å². The summed E-state index contributed by atoms with van der Waals surface area (Å²) in [6.45, 7) is 0. The lowest BCUT2D eigenvalue weighted by Gasteiger charge is -2.27. The highest BCUT2D eigenvalue weighted by molar-refractivity contribution is 7.85. The third-order valence-corrected chi connectivity index (χ3v) is 6.79. The Kier molecular flexibility index (Phi) is 7.77. The molecule has 0 amide bonds. The molecule has 0 unspecified atom stereocenters. The van der Waals surface area contributed by atoms with Gasteiger partial charge in [-0.1, -0.05) is 64.1 Å². The van der Waals surface area contributed by atoms with Crippen molar-refractivity contribution in [1.29, 1.82) is 0 Å². The fraction of sp³-hybridized carbons (Fsp3) is 0.143. The van der Waals surface area contributed by atoms with Crippen molar-refractivity contribution < 1.29 is 22.4 Å². The maximum absolute atomic E-state index is 12.2. The molecule has 3 aromatic rings. The van der Waals surface area contributed by atoms with Gasteiger partial charge in [0, 0.05) is 32.1 Å². The minimum absolute atomic E-state index is 0.0640. The zero-order valence-electron chi connectivity index (χ0n) is 16.5. The van der Waals surface area contributed by atoms with E-state index in [1.54, 1.807) is 12.1 Å². The number of hydrogen-bond acceptors (Lipinski definition) is 5. The van der Waals surface area contributed by atoms with Crippen molar-refractivity contribution in [2.75, 3.05) is 14.2 Å². The predicted octanol–water partition coefficient (Wildman–Crippen LogP) is 7.06. The van der Waals surface area contributed by atoms with Crippen molar-refractivity contribution >= 4 is 68.1 Å². The molecule has 0 N–H and O–H groups in total. The Labute approximate surface area is 210 Å². The molecule has 11 heteroatoms. The molecule has 0 saturated carbocycles. The Hall–Kier alpha value is -1.38. The molecule has 0 atom stereocenters. The van der Waals surface area contributed by atoms with E-state index < -0.39 is 20.9 Å². The van der Waals surface area contributed by atoms with Gasteiger partial charge in [0.25, 0.3) is 0 Å². The number of hydrogen-bond donors (Lipinski definition) is 0. The summed E-state index contributed by atoms with van der Waals surface area (Å²) < 4.78 is 47.5. The van der Waals surface area contributed by atoms with Crippen molar-refractivity contribution in [3.05, 3.63) is 84.3 Å². The van der Waals surface area contributed by atoms with Gasteiger partial charge in [-0.2, -0.15) is 0 Å². The van der Waals surface area contributed by atoms with Gasteiger partial charge in [0.2, 0.25) is 0 Å². The second kappa shape index (κ2) is 9.85. The quantitative estimate of drug-likeness (QED) is 0.241. The van der Waals surface area contributed by atoms with E-state index in [1.165, 1.54) is 38.5 Å². The van der Waals surface area contributed by atoms with Crippen molar-refractivity contribution in [2.45, 2.75) is 10.8 Å².